The lowest BCUT2D eigenvalue weighted by molar-refractivity contribution is -0.136. The van der Waals surface area contributed by atoms with Gasteiger partial charge in [-0.2, -0.15) is 0 Å². The predicted molar refractivity (Wildman–Crippen MR) is 100 cm³/mol. The number of hydrogen-bond acceptors (Lipinski definition) is 3. The smallest absolute Gasteiger partial charge is 0.313 e. The Kier molecular flexibility index (Phi) is 5.39. The molecule has 26 heavy (non-hydrogen) atoms. The average molecular weight is 345 g/mol. The number of benzene rings is 2. The molecule has 2 aromatic carbocycles. The molecule has 130 valence electrons. The highest BCUT2D eigenvalue weighted by Gasteiger charge is 2.22. The van der Waals surface area contributed by atoms with Crippen molar-refractivity contribution in [2.24, 2.45) is 0 Å². The Labute approximate surface area is 152 Å². The van der Waals surface area contributed by atoms with E-state index in [1.54, 1.807) is 36.7 Å². The summed E-state index contributed by atoms with van der Waals surface area (Å²) in [7, 11) is 0. The van der Waals surface area contributed by atoms with Gasteiger partial charge in [-0.25, -0.2) is 0 Å². The molecule has 1 aromatic heterocycles. The van der Waals surface area contributed by atoms with Crippen molar-refractivity contribution in [3.8, 4) is 0 Å². The van der Waals surface area contributed by atoms with Gasteiger partial charge in [0.2, 0.25) is 0 Å². The van der Waals surface area contributed by atoms with Crippen molar-refractivity contribution in [2.45, 2.75) is 13.0 Å². The molecule has 3 aromatic rings. The molecule has 0 saturated carbocycles. The van der Waals surface area contributed by atoms with Gasteiger partial charge in [0, 0.05) is 18.1 Å². The summed E-state index contributed by atoms with van der Waals surface area (Å²) in [5, 5.41) is 5.43. The van der Waals surface area contributed by atoms with Crippen molar-refractivity contribution in [3.05, 3.63) is 95.8 Å². The highest BCUT2D eigenvalue weighted by molar-refractivity contribution is 6.39. The third-order valence-corrected chi connectivity index (χ3v) is 4.05. The van der Waals surface area contributed by atoms with Crippen LogP contribution in [0.3, 0.4) is 0 Å². The molecular weight excluding hydrogens is 326 g/mol. The molecule has 2 amide bonds. The van der Waals surface area contributed by atoms with Gasteiger partial charge in [0.25, 0.3) is 0 Å². The van der Waals surface area contributed by atoms with Gasteiger partial charge in [-0.15, -0.1) is 0 Å². The number of nitrogens with zero attached hydrogens (tertiary/aromatic N) is 1. The highest BCUT2D eigenvalue weighted by Crippen LogP contribution is 2.24. The van der Waals surface area contributed by atoms with E-state index < -0.39 is 17.9 Å². The highest BCUT2D eigenvalue weighted by atomic mass is 16.2. The van der Waals surface area contributed by atoms with Crippen LogP contribution < -0.4 is 10.6 Å². The minimum atomic E-state index is -0.705. The fraction of sp³-hybridized carbons (Fsp3) is 0.0952. The zero-order valence-electron chi connectivity index (χ0n) is 14.3. The van der Waals surface area contributed by atoms with Gasteiger partial charge in [-0.1, -0.05) is 42.5 Å². The molecule has 1 heterocycles. The molecule has 0 aliphatic heterocycles. The first kappa shape index (κ1) is 17.4. The van der Waals surface area contributed by atoms with Crippen LogP contribution in [0.4, 0.5) is 5.69 Å². The molecule has 1 unspecified atom stereocenters. The summed E-state index contributed by atoms with van der Waals surface area (Å²) in [4.78, 5) is 28.8. The maximum Gasteiger partial charge on any atom is 0.313 e. The Bertz CT molecular complexity index is 895. The molecule has 0 bridgehead atoms. The fourth-order valence-corrected chi connectivity index (χ4v) is 2.71. The van der Waals surface area contributed by atoms with E-state index in [1.807, 2.05) is 49.4 Å². The number of hydrogen-bond donors (Lipinski definition) is 2. The van der Waals surface area contributed by atoms with Crippen LogP contribution in [0.1, 0.15) is 22.7 Å². The lowest BCUT2D eigenvalue weighted by Crippen LogP contribution is -2.38. The topological polar surface area (TPSA) is 71.1 Å². The van der Waals surface area contributed by atoms with Crippen LogP contribution in [-0.4, -0.2) is 16.8 Å². The molecule has 0 spiro atoms. The minimum Gasteiger partial charge on any atom is -0.337 e. The number of anilines is 1. The second kappa shape index (κ2) is 8.07. The van der Waals surface area contributed by atoms with Crippen molar-refractivity contribution in [1.29, 1.82) is 0 Å². The number of aromatic nitrogens is 1. The molecule has 0 radical (unpaired) electrons. The van der Waals surface area contributed by atoms with Crippen molar-refractivity contribution >= 4 is 17.5 Å². The summed E-state index contributed by atoms with van der Waals surface area (Å²) < 4.78 is 0. The summed E-state index contributed by atoms with van der Waals surface area (Å²) in [5.41, 5.74) is 3.39. The van der Waals surface area contributed by atoms with E-state index in [0.717, 1.165) is 16.7 Å². The summed E-state index contributed by atoms with van der Waals surface area (Å²) in [6, 6.07) is 19.9. The Morgan fingerprint density at radius 2 is 1.50 bits per heavy atom. The normalized spacial score (nSPS) is 11.4. The molecule has 5 heteroatoms. The van der Waals surface area contributed by atoms with Crippen LogP contribution in [-0.2, 0) is 9.59 Å². The zero-order chi connectivity index (χ0) is 18.4. The maximum absolute atomic E-state index is 12.5. The SMILES string of the molecule is Cc1ccccc1C(NC(=O)C(=O)Nc1ccccc1)c1ccncc1. The van der Waals surface area contributed by atoms with E-state index in [4.69, 9.17) is 0 Å². The third kappa shape index (κ3) is 4.13. The Hall–Kier alpha value is -3.47. The van der Waals surface area contributed by atoms with E-state index in [9.17, 15) is 9.59 Å². The minimum absolute atomic E-state index is 0.437. The summed E-state index contributed by atoms with van der Waals surface area (Å²) >= 11 is 0. The molecule has 1 atom stereocenters. The van der Waals surface area contributed by atoms with Gasteiger partial charge in [0.05, 0.1) is 6.04 Å². The van der Waals surface area contributed by atoms with Crippen LogP contribution in [0.25, 0.3) is 0 Å². The van der Waals surface area contributed by atoms with Crippen molar-refractivity contribution in [3.63, 3.8) is 0 Å². The first-order valence-electron chi connectivity index (χ1n) is 8.27. The van der Waals surface area contributed by atoms with Gasteiger partial charge < -0.3 is 10.6 Å². The Balaban J connectivity index is 1.83. The quantitative estimate of drug-likeness (QED) is 0.713. The number of carbonyl (C=O) groups excluding carboxylic acids is 2. The lowest BCUT2D eigenvalue weighted by Gasteiger charge is -2.21. The average Bonchev–Trinajstić information content (AvgIpc) is 2.68. The molecule has 5 nitrogen and oxygen atoms in total. The van der Waals surface area contributed by atoms with Gasteiger partial charge in [0.15, 0.2) is 0 Å². The molecule has 2 N–H and O–H groups in total. The molecule has 0 saturated heterocycles. The van der Waals surface area contributed by atoms with Crippen LogP contribution in [0.5, 0.6) is 0 Å². The lowest BCUT2D eigenvalue weighted by atomic mass is 9.95. The van der Waals surface area contributed by atoms with E-state index in [0.29, 0.717) is 5.69 Å². The zero-order valence-corrected chi connectivity index (χ0v) is 14.3. The van der Waals surface area contributed by atoms with E-state index >= 15 is 0 Å². The number of para-hydroxylation sites is 1. The standard InChI is InChI=1S/C21H19N3O2/c1-15-7-5-6-10-18(15)19(16-11-13-22-14-12-16)24-21(26)20(25)23-17-8-3-2-4-9-17/h2-14,19H,1H3,(H,23,25)(H,24,26). The predicted octanol–water partition coefficient (Wildman–Crippen LogP) is 3.23. The van der Waals surface area contributed by atoms with Crippen molar-refractivity contribution in [1.82, 2.24) is 10.3 Å². The molecule has 0 fully saturated rings. The van der Waals surface area contributed by atoms with Crippen LogP contribution >= 0.6 is 0 Å². The molecule has 0 aliphatic rings. The van der Waals surface area contributed by atoms with Gasteiger partial charge >= 0.3 is 11.8 Å². The number of nitrogens with one attached hydrogen (secondary N) is 2. The van der Waals surface area contributed by atoms with Gasteiger partial charge in [-0.05, 0) is 47.9 Å². The Morgan fingerprint density at radius 1 is 0.846 bits per heavy atom. The number of aryl methyl sites for hydroxylation is 1. The summed E-state index contributed by atoms with van der Waals surface area (Å²) in [6.45, 7) is 1.97. The largest absolute Gasteiger partial charge is 0.337 e. The van der Waals surface area contributed by atoms with Crippen LogP contribution in [0.2, 0.25) is 0 Å². The first-order valence-corrected chi connectivity index (χ1v) is 8.27. The third-order valence-electron chi connectivity index (χ3n) is 4.05. The van der Waals surface area contributed by atoms with Crippen LogP contribution in [0.15, 0.2) is 79.1 Å². The Morgan fingerprint density at radius 3 is 2.19 bits per heavy atom. The van der Waals surface area contributed by atoms with Gasteiger partial charge in [0.1, 0.15) is 0 Å². The number of pyridine rings is 1. The number of amides is 2. The van der Waals surface area contributed by atoms with E-state index in [-0.39, 0.29) is 0 Å². The first-order chi connectivity index (χ1) is 12.6. The number of rotatable bonds is 4. The molecule has 3 rings (SSSR count). The molecular formula is C21H19N3O2. The van der Waals surface area contributed by atoms with Crippen molar-refractivity contribution < 1.29 is 9.59 Å². The van der Waals surface area contributed by atoms with E-state index in [2.05, 4.69) is 15.6 Å². The summed E-state index contributed by atoms with van der Waals surface area (Å²) in [5.74, 6) is -1.40. The molecule has 0 aliphatic carbocycles. The fourth-order valence-electron chi connectivity index (χ4n) is 2.71. The van der Waals surface area contributed by atoms with Crippen molar-refractivity contribution in [2.75, 3.05) is 5.32 Å². The maximum atomic E-state index is 12.5. The second-order valence-corrected chi connectivity index (χ2v) is 5.86. The number of carbonyl (C=O) groups is 2. The second-order valence-electron chi connectivity index (χ2n) is 5.86. The van der Waals surface area contributed by atoms with E-state index in [1.165, 1.54) is 0 Å². The van der Waals surface area contributed by atoms with Crippen LogP contribution in [0, 0.1) is 6.92 Å². The summed E-state index contributed by atoms with van der Waals surface area (Å²) in [6.07, 6.45) is 3.33. The van der Waals surface area contributed by atoms with Gasteiger partial charge in [-0.3, -0.25) is 14.6 Å². The monoisotopic (exact) mass is 345 g/mol.